The van der Waals surface area contributed by atoms with Gasteiger partial charge in [0.2, 0.25) is 5.78 Å². The lowest BCUT2D eigenvalue weighted by Crippen LogP contribution is -2.35. The Balaban J connectivity index is 4.29. The van der Waals surface area contributed by atoms with Gasteiger partial charge in [-0.1, -0.05) is 117 Å². The van der Waals surface area contributed by atoms with Gasteiger partial charge in [-0.05, 0) is 32.1 Å². The third-order valence-electron chi connectivity index (χ3n) is 6.21. The predicted octanol–water partition coefficient (Wildman–Crippen LogP) is 7.93. The molecule has 0 saturated carbocycles. The molecule has 0 rings (SSSR count). The van der Waals surface area contributed by atoms with Gasteiger partial charge in [-0.3, -0.25) is 9.59 Å². The van der Waals surface area contributed by atoms with Crippen LogP contribution in [0.15, 0.2) is 11.6 Å². The van der Waals surface area contributed by atoms with Crippen LogP contribution >= 0.6 is 0 Å². The molecule has 3 nitrogen and oxygen atoms in total. The molecule has 0 aromatic carbocycles. The predicted molar refractivity (Wildman–Crippen MR) is 131 cm³/mol. The maximum absolute atomic E-state index is 12.3. The second-order valence-corrected chi connectivity index (χ2v) is 8.89. The third-order valence-corrected chi connectivity index (χ3v) is 6.21. The highest BCUT2D eigenvalue weighted by Crippen LogP contribution is 2.19. The van der Waals surface area contributed by atoms with Crippen LogP contribution in [-0.2, 0) is 9.59 Å². The number of nitrogens with one attached hydrogen (secondary N) is 1. The second kappa shape index (κ2) is 21.1. The van der Waals surface area contributed by atoms with Crippen molar-refractivity contribution in [2.24, 2.45) is 5.92 Å². The number of hydrogen-bond acceptors (Lipinski definition) is 2. The maximum atomic E-state index is 12.3. The zero-order valence-corrected chi connectivity index (χ0v) is 20.7. The molecule has 0 spiro atoms. The van der Waals surface area contributed by atoms with Crippen LogP contribution in [0, 0.1) is 5.92 Å². The normalized spacial score (nSPS) is 12.7. The van der Waals surface area contributed by atoms with Crippen molar-refractivity contribution in [1.29, 1.82) is 0 Å². The molecule has 30 heavy (non-hydrogen) atoms. The number of carbonyl (C=O) groups is 2. The number of rotatable bonds is 21. The number of allylic oxidation sites excluding steroid dienone is 1. The first-order valence-corrected chi connectivity index (χ1v) is 13.1. The van der Waals surface area contributed by atoms with Crippen LogP contribution in [0.4, 0.5) is 0 Å². The molecule has 0 aromatic heterocycles. The molecule has 1 unspecified atom stereocenters. The smallest absolute Gasteiger partial charge is 0.292 e. The Labute approximate surface area is 187 Å². The molecule has 1 atom stereocenters. The van der Waals surface area contributed by atoms with Gasteiger partial charge in [-0.15, -0.1) is 0 Å². The highest BCUT2D eigenvalue weighted by atomic mass is 16.2. The van der Waals surface area contributed by atoms with E-state index in [-0.39, 0.29) is 5.78 Å². The van der Waals surface area contributed by atoms with Crippen molar-refractivity contribution in [3.63, 3.8) is 0 Å². The first kappa shape index (κ1) is 28.9. The van der Waals surface area contributed by atoms with E-state index in [4.69, 9.17) is 0 Å². The molecule has 1 N–H and O–H groups in total. The molecule has 0 heterocycles. The molecular weight excluding hydrogens is 370 g/mol. The van der Waals surface area contributed by atoms with Crippen LogP contribution in [0.25, 0.3) is 0 Å². The first-order valence-electron chi connectivity index (χ1n) is 13.1. The summed E-state index contributed by atoms with van der Waals surface area (Å²) in [5.41, 5.74) is 0.614. The van der Waals surface area contributed by atoms with Gasteiger partial charge in [0.15, 0.2) is 0 Å². The average Bonchev–Trinajstić information content (AvgIpc) is 2.76. The van der Waals surface area contributed by atoms with Gasteiger partial charge in [-0.2, -0.15) is 0 Å². The molecule has 0 aliphatic rings. The summed E-state index contributed by atoms with van der Waals surface area (Å²) in [5, 5.41) is 2.94. The summed E-state index contributed by atoms with van der Waals surface area (Å²) < 4.78 is 0. The summed E-state index contributed by atoms with van der Waals surface area (Å²) in [6.07, 6.45) is 23.2. The highest BCUT2D eigenvalue weighted by Gasteiger charge is 2.18. The number of ketones is 1. The molecule has 0 saturated heterocycles. The number of Topliss-reactive ketones (excluding diaryl/α,β-unsaturated/α-hetero) is 1. The first-order chi connectivity index (χ1) is 14.6. The van der Waals surface area contributed by atoms with Crippen LogP contribution < -0.4 is 5.32 Å². The Morgan fingerprint density at radius 3 is 1.53 bits per heavy atom. The summed E-state index contributed by atoms with van der Waals surface area (Å²) in [5.74, 6) is -0.275. The van der Waals surface area contributed by atoms with Crippen LogP contribution in [0.3, 0.4) is 0 Å². The van der Waals surface area contributed by atoms with Crippen LogP contribution in [-0.4, -0.2) is 18.2 Å². The van der Waals surface area contributed by atoms with Crippen molar-refractivity contribution in [3.8, 4) is 0 Å². The van der Waals surface area contributed by atoms with E-state index in [1.54, 1.807) is 6.08 Å². The third kappa shape index (κ3) is 15.7. The van der Waals surface area contributed by atoms with E-state index < -0.39 is 5.91 Å². The number of hydrogen-bond donors (Lipinski definition) is 1. The van der Waals surface area contributed by atoms with Gasteiger partial charge < -0.3 is 5.32 Å². The van der Waals surface area contributed by atoms with E-state index in [9.17, 15) is 9.59 Å². The van der Waals surface area contributed by atoms with E-state index in [0.717, 1.165) is 0 Å². The summed E-state index contributed by atoms with van der Waals surface area (Å²) in [6.45, 7) is 8.91. The number of carbonyl (C=O) groups excluding carboxylic acids is 2. The van der Waals surface area contributed by atoms with Crippen molar-refractivity contribution in [1.82, 2.24) is 5.32 Å². The number of amides is 1. The molecule has 0 bridgehead atoms. The fraction of sp³-hybridized carbons (Fsp3) is 0.852. The zero-order valence-electron chi connectivity index (χ0n) is 20.7. The largest absolute Gasteiger partial charge is 0.349 e. The zero-order chi connectivity index (χ0) is 22.5. The van der Waals surface area contributed by atoms with E-state index in [1.807, 2.05) is 13.8 Å². The van der Waals surface area contributed by atoms with Crippen LogP contribution in [0.2, 0.25) is 0 Å². The van der Waals surface area contributed by atoms with Crippen molar-refractivity contribution >= 4 is 11.7 Å². The van der Waals surface area contributed by atoms with Gasteiger partial charge >= 0.3 is 0 Å². The fourth-order valence-electron chi connectivity index (χ4n) is 4.09. The van der Waals surface area contributed by atoms with Crippen molar-refractivity contribution in [3.05, 3.63) is 11.6 Å². The molecule has 0 aliphatic heterocycles. The lowest BCUT2D eigenvalue weighted by atomic mass is 9.93. The molecule has 176 valence electrons. The lowest BCUT2D eigenvalue weighted by molar-refractivity contribution is -0.135. The quantitative estimate of drug-likeness (QED) is 0.116. The average molecular weight is 422 g/mol. The van der Waals surface area contributed by atoms with Crippen molar-refractivity contribution in [2.75, 3.05) is 6.54 Å². The van der Waals surface area contributed by atoms with Gasteiger partial charge in [0.1, 0.15) is 0 Å². The Hall–Kier alpha value is -1.12. The fourth-order valence-corrected chi connectivity index (χ4v) is 4.09. The van der Waals surface area contributed by atoms with E-state index in [1.165, 1.54) is 103 Å². The summed E-state index contributed by atoms with van der Waals surface area (Å²) in [7, 11) is 0. The molecule has 1 amide bonds. The Kier molecular flexibility index (Phi) is 20.3. The molecule has 0 radical (unpaired) electrons. The van der Waals surface area contributed by atoms with Crippen molar-refractivity contribution < 1.29 is 9.59 Å². The molecule has 3 heteroatoms. The monoisotopic (exact) mass is 421 g/mol. The van der Waals surface area contributed by atoms with Gasteiger partial charge in [-0.25, -0.2) is 0 Å². The Morgan fingerprint density at radius 2 is 1.13 bits per heavy atom. The minimum atomic E-state index is -0.422. The molecular formula is C27H51NO2. The van der Waals surface area contributed by atoms with Crippen LogP contribution in [0.1, 0.15) is 137 Å². The highest BCUT2D eigenvalue weighted by molar-refractivity contribution is 6.42. The summed E-state index contributed by atoms with van der Waals surface area (Å²) >= 11 is 0. The van der Waals surface area contributed by atoms with E-state index in [0.29, 0.717) is 24.5 Å². The number of unbranched alkanes of at least 4 members (excludes halogenated alkanes) is 12. The van der Waals surface area contributed by atoms with E-state index >= 15 is 0 Å². The maximum Gasteiger partial charge on any atom is 0.292 e. The van der Waals surface area contributed by atoms with Gasteiger partial charge in [0.25, 0.3) is 5.91 Å². The minimum absolute atomic E-state index is 0.356. The molecule has 0 fully saturated rings. The van der Waals surface area contributed by atoms with Crippen LogP contribution in [0.5, 0.6) is 0 Å². The standard InChI is InChI=1S/C27H51NO2/c1-5-9-11-13-15-16-18-20-22-24(21-19-17-14-12-10-6-2)23-28-27(30)26(29)25(7-3)8-4/h7,24H,5-6,8-23H2,1-4H3,(H,28,30). The van der Waals surface area contributed by atoms with Crippen molar-refractivity contribution in [2.45, 2.75) is 137 Å². The summed E-state index contributed by atoms with van der Waals surface area (Å²) in [6, 6.07) is 0. The second-order valence-electron chi connectivity index (χ2n) is 8.89. The Morgan fingerprint density at radius 1 is 0.700 bits per heavy atom. The van der Waals surface area contributed by atoms with Gasteiger partial charge in [0.05, 0.1) is 0 Å². The molecule has 0 aliphatic carbocycles. The van der Waals surface area contributed by atoms with Gasteiger partial charge in [0, 0.05) is 12.1 Å². The minimum Gasteiger partial charge on any atom is -0.349 e. The lowest BCUT2D eigenvalue weighted by Gasteiger charge is -2.18. The topological polar surface area (TPSA) is 46.2 Å². The Bertz CT molecular complexity index is 456. The summed E-state index contributed by atoms with van der Waals surface area (Å²) in [4.78, 5) is 24.5. The SMILES string of the molecule is CC=C(CC)C(=O)C(=O)NCC(CCCCCCCC)CCCCCCCCCC. The van der Waals surface area contributed by atoms with E-state index in [2.05, 4.69) is 19.2 Å². The molecule has 0 aromatic rings.